The first kappa shape index (κ1) is 18.3. The summed E-state index contributed by atoms with van der Waals surface area (Å²) in [6.07, 6.45) is 0.274. The topological polar surface area (TPSA) is 95.5 Å². The maximum absolute atomic E-state index is 12.4. The van der Waals surface area contributed by atoms with Gasteiger partial charge in [-0.15, -0.1) is 11.3 Å². The molecule has 6 nitrogen and oxygen atoms in total. The Labute approximate surface area is 159 Å². The molecule has 2 aromatic carbocycles. The third-order valence-electron chi connectivity index (χ3n) is 3.69. The first-order valence-electron chi connectivity index (χ1n) is 8.08. The number of anilines is 2. The molecule has 2 amide bonds. The molecule has 0 aliphatic rings. The number of carbonyl (C=O) groups excluding carboxylic acids is 2. The molecule has 3 N–H and O–H groups in total. The molecule has 0 unspecified atom stereocenters. The summed E-state index contributed by atoms with van der Waals surface area (Å²) in [4.78, 5) is 36.5. The van der Waals surface area contributed by atoms with Crippen molar-refractivity contribution in [1.29, 1.82) is 0 Å². The van der Waals surface area contributed by atoms with Crippen molar-refractivity contribution < 1.29 is 19.5 Å². The van der Waals surface area contributed by atoms with Crippen LogP contribution < -0.4 is 10.6 Å². The van der Waals surface area contributed by atoms with E-state index in [0.29, 0.717) is 16.9 Å². The average Bonchev–Trinajstić information content (AvgIpc) is 3.15. The van der Waals surface area contributed by atoms with Gasteiger partial charge in [-0.1, -0.05) is 18.2 Å². The Hall–Kier alpha value is -3.45. The summed E-state index contributed by atoms with van der Waals surface area (Å²) < 4.78 is 0. The molecule has 3 aromatic rings. The third kappa shape index (κ3) is 5.02. The van der Waals surface area contributed by atoms with Crippen molar-refractivity contribution in [3.8, 4) is 0 Å². The predicted octanol–water partition coefficient (Wildman–Crippen LogP) is 3.88. The van der Waals surface area contributed by atoms with Gasteiger partial charge in [-0.05, 0) is 47.8 Å². The van der Waals surface area contributed by atoms with Gasteiger partial charge in [-0.3, -0.25) is 9.59 Å². The van der Waals surface area contributed by atoms with Crippen molar-refractivity contribution >= 4 is 40.5 Å². The van der Waals surface area contributed by atoms with Crippen molar-refractivity contribution in [1.82, 2.24) is 0 Å². The highest BCUT2D eigenvalue weighted by atomic mass is 32.1. The summed E-state index contributed by atoms with van der Waals surface area (Å²) in [5.74, 6) is -1.63. The van der Waals surface area contributed by atoms with Crippen molar-refractivity contribution in [2.75, 3.05) is 10.6 Å². The van der Waals surface area contributed by atoms with Crippen molar-refractivity contribution in [2.45, 2.75) is 6.42 Å². The van der Waals surface area contributed by atoms with E-state index in [1.54, 1.807) is 36.4 Å². The van der Waals surface area contributed by atoms with E-state index in [1.807, 2.05) is 17.5 Å². The molecule has 0 spiro atoms. The summed E-state index contributed by atoms with van der Waals surface area (Å²) >= 11 is 1.51. The van der Waals surface area contributed by atoms with Crippen LogP contribution in [0.2, 0.25) is 0 Å². The van der Waals surface area contributed by atoms with Crippen LogP contribution in [0.4, 0.5) is 11.4 Å². The van der Waals surface area contributed by atoms with Crippen LogP contribution >= 0.6 is 11.3 Å². The van der Waals surface area contributed by atoms with Gasteiger partial charge in [0.15, 0.2) is 0 Å². The fraction of sp³-hybridized carbons (Fsp3) is 0.0500. The van der Waals surface area contributed by atoms with Crippen LogP contribution in [0.5, 0.6) is 0 Å². The molecule has 0 aliphatic heterocycles. The fourth-order valence-electron chi connectivity index (χ4n) is 2.45. The van der Waals surface area contributed by atoms with Crippen LogP contribution in [0.25, 0.3) is 0 Å². The fourth-order valence-corrected chi connectivity index (χ4v) is 3.15. The van der Waals surface area contributed by atoms with Crippen molar-refractivity contribution in [2.24, 2.45) is 0 Å². The van der Waals surface area contributed by atoms with E-state index in [9.17, 15) is 14.4 Å². The quantitative estimate of drug-likeness (QED) is 0.605. The number of carboxylic acid groups (broad SMARTS) is 1. The highest BCUT2D eigenvalue weighted by Gasteiger charge is 2.10. The summed E-state index contributed by atoms with van der Waals surface area (Å²) in [7, 11) is 0. The van der Waals surface area contributed by atoms with Gasteiger partial charge >= 0.3 is 5.97 Å². The zero-order chi connectivity index (χ0) is 19.2. The molecular formula is C20H16N2O4S. The number of rotatable bonds is 6. The van der Waals surface area contributed by atoms with Crippen LogP contribution in [-0.4, -0.2) is 22.9 Å². The Morgan fingerprint density at radius 3 is 2.19 bits per heavy atom. The van der Waals surface area contributed by atoms with Crippen LogP contribution in [-0.2, 0) is 11.2 Å². The number of amides is 2. The molecule has 0 saturated heterocycles. The maximum atomic E-state index is 12.4. The molecule has 7 heteroatoms. The molecule has 0 aliphatic carbocycles. The number of aromatic carboxylic acids is 1. The predicted molar refractivity (Wildman–Crippen MR) is 104 cm³/mol. The number of hydrogen-bond acceptors (Lipinski definition) is 4. The van der Waals surface area contributed by atoms with Gasteiger partial charge in [0.2, 0.25) is 5.91 Å². The summed E-state index contributed by atoms with van der Waals surface area (Å²) in [5.41, 5.74) is 1.34. The molecule has 3 rings (SSSR count). The number of benzene rings is 2. The second-order valence-corrected chi connectivity index (χ2v) is 6.76. The highest BCUT2D eigenvalue weighted by Crippen LogP contribution is 2.16. The molecule has 0 bridgehead atoms. The van der Waals surface area contributed by atoms with E-state index in [-0.39, 0.29) is 17.9 Å². The second-order valence-electron chi connectivity index (χ2n) is 5.73. The Bertz CT molecular complexity index is 983. The minimum Gasteiger partial charge on any atom is -0.478 e. The van der Waals surface area contributed by atoms with Crippen molar-refractivity contribution in [3.63, 3.8) is 0 Å². The van der Waals surface area contributed by atoms with Crippen LogP contribution in [0.1, 0.15) is 25.6 Å². The Morgan fingerprint density at radius 2 is 1.52 bits per heavy atom. The zero-order valence-electron chi connectivity index (χ0n) is 14.1. The smallest absolute Gasteiger partial charge is 0.335 e. The van der Waals surface area contributed by atoms with E-state index in [1.165, 1.54) is 23.5 Å². The Balaban J connectivity index is 1.67. The first-order valence-corrected chi connectivity index (χ1v) is 8.96. The lowest BCUT2D eigenvalue weighted by Crippen LogP contribution is -2.15. The Morgan fingerprint density at radius 1 is 0.852 bits per heavy atom. The van der Waals surface area contributed by atoms with Gasteiger partial charge in [0.25, 0.3) is 5.91 Å². The average molecular weight is 380 g/mol. The van der Waals surface area contributed by atoms with E-state index >= 15 is 0 Å². The minimum absolute atomic E-state index is 0.0855. The number of carboxylic acids is 1. The van der Waals surface area contributed by atoms with E-state index < -0.39 is 11.9 Å². The van der Waals surface area contributed by atoms with E-state index in [0.717, 1.165) is 4.88 Å². The molecule has 0 saturated carbocycles. The minimum atomic E-state index is -1.07. The van der Waals surface area contributed by atoms with Gasteiger partial charge in [-0.2, -0.15) is 0 Å². The summed E-state index contributed by atoms with van der Waals surface area (Å²) in [6.45, 7) is 0. The Kier molecular flexibility index (Phi) is 5.63. The first-order chi connectivity index (χ1) is 13.0. The summed E-state index contributed by atoms with van der Waals surface area (Å²) in [5, 5.41) is 16.4. The van der Waals surface area contributed by atoms with Crippen LogP contribution in [0, 0.1) is 0 Å². The highest BCUT2D eigenvalue weighted by molar-refractivity contribution is 7.10. The van der Waals surface area contributed by atoms with Gasteiger partial charge in [0.1, 0.15) is 0 Å². The van der Waals surface area contributed by atoms with Crippen LogP contribution in [0.15, 0.2) is 66.0 Å². The van der Waals surface area contributed by atoms with Gasteiger partial charge in [0, 0.05) is 21.8 Å². The summed E-state index contributed by atoms with van der Waals surface area (Å²) in [6, 6.07) is 16.3. The number of thiophene rings is 1. The van der Waals surface area contributed by atoms with Gasteiger partial charge in [-0.25, -0.2) is 4.79 Å². The molecule has 136 valence electrons. The van der Waals surface area contributed by atoms with Crippen LogP contribution in [0.3, 0.4) is 0 Å². The van der Waals surface area contributed by atoms with E-state index in [2.05, 4.69) is 10.6 Å². The molecule has 1 heterocycles. The number of hydrogen-bond donors (Lipinski definition) is 3. The molecule has 1 aromatic heterocycles. The number of nitrogens with one attached hydrogen (secondary N) is 2. The largest absolute Gasteiger partial charge is 0.478 e. The lowest BCUT2D eigenvalue weighted by atomic mass is 10.1. The standard InChI is InChI=1S/C20H16N2O4S/c23-18(12-17-8-3-9-27-17)21-15-6-1-4-13(10-15)19(24)22-16-7-2-5-14(11-16)20(25)26/h1-11H,12H2,(H,21,23)(H,22,24)(H,25,26). The number of carbonyl (C=O) groups is 3. The molecular weight excluding hydrogens is 364 g/mol. The maximum Gasteiger partial charge on any atom is 0.335 e. The third-order valence-corrected chi connectivity index (χ3v) is 4.57. The molecule has 0 radical (unpaired) electrons. The van der Waals surface area contributed by atoms with Gasteiger partial charge < -0.3 is 15.7 Å². The zero-order valence-corrected chi connectivity index (χ0v) is 15.0. The van der Waals surface area contributed by atoms with Gasteiger partial charge in [0.05, 0.1) is 12.0 Å². The second kappa shape index (κ2) is 8.29. The lowest BCUT2D eigenvalue weighted by Gasteiger charge is -2.09. The monoisotopic (exact) mass is 380 g/mol. The van der Waals surface area contributed by atoms with E-state index in [4.69, 9.17) is 5.11 Å². The molecule has 0 fully saturated rings. The van der Waals surface area contributed by atoms with Crippen molar-refractivity contribution in [3.05, 3.63) is 82.0 Å². The lowest BCUT2D eigenvalue weighted by molar-refractivity contribution is -0.115. The molecule has 27 heavy (non-hydrogen) atoms. The molecule has 0 atom stereocenters. The normalized spacial score (nSPS) is 10.2. The SMILES string of the molecule is O=C(Cc1cccs1)Nc1cccc(C(=O)Nc2cccc(C(=O)O)c2)c1.